The molecule has 4 aromatic rings. The van der Waals surface area contributed by atoms with Crippen LogP contribution >= 0.6 is 0 Å². The van der Waals surface area contributed by atoms with Gasteiger partial charge in [0.25, 0.3) is 5.91 Å². The Hall–Kier alpha value is -3.67. The molecule has 1 N–H and O–H groups in total. The summed E-state index contributed by atoms with van der Waals surface area (Å²) in [6.07, 6.45) is 4.52. The van der Waals surface area contributed by atoms with E-state index in [1.807, 2.05) is 6.07 Å². The number of amides is 1. The number of fused-ring (bicyclic) bond motifs is 1. The van der Waals surface area contributed by atoms with Crippen LogP contribution in [0.5, 0.6) is 5.75 Å². The number of imidazole rings is 1. The predicted molar refractivity (Wildman–Crippen MR) is 142 cm³/mol. The lowest BCUT2D eigenvalue weighted by Gasteiger charge is -2.12. The SMILES string of the molecule is Cc1ccc(C)c(OCCCn2c(CCCCCNC(=O)c3ccccc3F)nc3ccccc32)c1. The van der Waals surface area contributed by atoms with E-state index in [-0.39, 0.29) is 11.5 Å². The van der Waals surface area contributed by atoms with E-state index in [1.165, 1.54) is 17.7 Å². The van der Waals surface area contributed by atoms with Crippen LogP contribution in [0, 0.1) is 19.7 Å². The molecule has 0 fully saturated rings. The molecule has 0 aliphatic heterocycles. The minimum atomic E-state index is -0.492. The molecule has 36 heavy (non-hydrogen) atoms. The fraction of sp³-hybridized carbons (Fsp3) is 0.333. The minimum Gasteiger partial charge on any atom is -0.493 e. The second kappa shape index (κ2) is 12.3. The largest absolute Gasteiger partial charge is 0.493 e. The third-order valence-corrected chi connectivity index (χ3v) is 6.34. The van der Waals surface area contributed by atoms with E-state index in [2.05, 4.69) is 60.1 Å². The fourth-order valence-corrected chi connectivity index (χ4v) is 4.36. The van der Waals surface area contributed by atoms with Gasteiger partial charge < -0.3 is 14.6 Å². The predicted octanol–water partition coefficient (Wildman–Crippen LogP) is 6.40. The number of aryl methyl sites for hydroxylation is 4. The molecule has 0 saturated heterocycles. The first-order valence-electron chi connectivity index (χ1n) is 12.7. The van der Waals surface area contributed by atoms with Crippen LogP contribution in [0.2, 0.25) is 0 Å². The van der Waals surface area contributed by atoms with Crippen molar-refractivity contribution in [3.05, 3.63) is 95.1 Å². The molecule has 0 aliphatic rings. The lowest BCUT2D eigenvalue weighted by Crippen LogP contribution is -2.25. The highest BCUT2D eigenvalue weighted by atomic mass is 19.1. The summed E-state index contributed by atoms with van der Waals surface area (Å²) in [7, 11) is 0. The summed E-state index contributed by atoms with van der Waals surface area (Å²) in [5, 5.41) is 2.81. The number of hydrogen-bond acceptors (Lipinski definition) is 3. The zero-order valence-electron chi connectivity index (χ0n) is 21.1. The van der Waals surface area contributed by atoms with Crippen LogP contribution in [-0.4, -0.2) is 28.6 Å². The molecule has 5 nitrogen and oxygen atoms in total. The van der Waals surface area contributed by atoms with Gasteiger partial charge in [-0.1, -0.05) is 42.8 Å². The number of rotatable bonds is 12. The Labute approximate surface area is 212 Å². The number of unbranched alkanes of at least 4 members (excludes halogenated alkanes) is 2. The third-order valence-electron chi connectivity index (χ3n) is 6.34. The minimum absolute atomic E-state index is 0.0905. The molecular weight excluding hydrogens is 453 g/mol. The summed E-state index contributed by atoms with van der Waals surface area (Å²) in [5.41, 5.74) is 4.61. The molecular formula is C30H34FN3O2. The molecule has 6 heteroatoms. The van der Waals surface area contributed by atoms with Crippen LogP contribution in [0.4, 0.5) is 4.39 Å². The maximum atomic E-state index is 13.7. The lowest BCUT2D eigenvalue weighted by atomic mass is 10.1. The number of para-hydroxylation sites is 2. The molecule has 0 saturated carbocycles. The molecule has 1 amide bonds. The van der Waals surface area contributed by atoms with Gasteiger partial charge in [-0.3, -0.25) is 4.79 Å². The third kappa shape index (κ3) is 6.51. The topological polar surface area (TPSA) is 56.1 Å². The Morgan fingerprint density at radius 1 is 0.972 bits per heavy atom. The Morgan fingerprint density at radius 2 is 1.78 bits per heavy atom. The van der Waals surface area contributed by atoms with Gasteiger partial charge in [-0.25, -0.2) is 9.37 Å². The summed E-state index contributed by atoms with van der Waals surface area (Å²) in [6.45, 7) is 6.17. The van der Waals surface area contributed by atoms with Gasteiger partial charge in [0.15, 0.2) is 0 Å². The van der Waals surface area contributed by atoms with Crippen molar-refractivity contribution in [2.75, 3.05) is 13.2 Å². The van der Waals surface area contributed by atoms with Gasteiger partial charge in [0.05, 0.1) is 23.2 Å². The molecule has 3 aromatic carbocycles. The summed E-state index contributed by atoms with van der Waals surface area (Å²) in [6, 6.07) is 20.6. The van der Waals surface area contributed by atoms with Crippen LogP contribution in [0.15, 0.2) is 66.7 Å². The van der Waals surface area contributed by atoms with Gasteiger partial charge in [0.2, 0.25) is 0 Å². The standard InChI is InChI=1S/C30H34FN3O2/c1-22-16-17-23(2)28(21-22)36-20-10-19-34-27-14-8-7-13-26(27)33-29(34)15-4-3-9-18-32-30(35)24-11-5-6-12-25(24)31/h5-8,11-14,16-17,21H,3-4,9-10,15,18-20H2,1-2H3,(H,32,35). The van der Waals surface area contributed by atoms with E-state index in [0.29, 0.717) is 13.2 Å². The van der Waals surface area contributed by atoms with Gasteiger partial charge in [-0.15, -0.1) is 0 Å². The van der Waals surface area contributed by atoms with Crippen molar-refractivity contribution >= 4 is 16.9 Å². The number of ether oxygens (including phenoxy) is 1. The number of benzene rings is 3. The molecule has 0 unspecified atom stereocenters. The highest BCUT2D eigenvalue weighted by Gasteiger charge is 2.12. The number of carbonyl (C=O) groups is 1. The zero-order valence-corrected chi connectivity index (χ0v) is 21.1. The van der Waals surface area contributed by atoms with Crippen molar-refractivity contribution in [3.8, 4) is 5.75 Å². The molecule has 0 spiro atoms. The highest BCUT2D eigenvalue weighted by Crippen LogP contribution is 2.21. The molecule has 0 radical (unpaired) electrons. The first-order valence-corrected chi connectivity index (χ1v) is 12.7. The number of nitrogens with zero attached hydrogens (tertiary/aromatic N) is 2. The van der Waals surface area contributed by atoms with Crippen LogP contribution in [0.1, 0.15) is 53.0 Å². The average molecular weight is 488 g/mol. The average Bonchev–Trinajstić information content (AvgIpc) is 3.23. The van der Waals surface area contributed by atoms with Gasteiger partial charge in [-0.05, 0) is 74.6 Å². The number of hydrogen-bond donors (Lipinski definition) is 1. The van der Waals surface area contributed by atoms with E-state index >= 15 is 0 Å². The molecule has 0 bridgehead atoms. The zero-order chi connectivity index (χ0) is 25.3. The summed E-state index contributed by atoms with van der Waals surface area (Å²) >= 11 is 0. The van der Waals surface area contributed by atoms with Crippen molar-refractivity contribution in [2.24, 2.45) is 0 Å². The first-order chi connectivity index (χ1) is 17.5. The summed E-state index contributed by atoms with van der Waals surface area (Å²) in [4.78, 5) is 17.0. The Balaban J connectivity index is 1.26. The van der Waals surface area contributed by atoms with Crippen molar-refractivity contribution in [1.82, 2.24) is 14.9 Å². The molecule has 4 rings (SSSR count). The molecule has 0 atom stereocenters. The second-order valence-electron chi connectivity index (χ2n) is 9.19. The van der Waals surface area contributed by atoms with Crippen molar-refractivity contribution in [3.63, 3.8) is 0 Å². The maximum Gasteiger partial charge on any atom is 0.254 e. The highest BCUT2D eigenvalue weighted by molar-refractivity contribution is 5.94. The normalized spacial score (nSPS) is 11.1. The van der Waals surface area contributed by atoms with E-state index in [1.54, 1.807) is 12.1 Å². The molecule has 1 heterocycles. The number of aromatic nitrogens is 2. The smallest absolute Gasteiger partial charge is 0.254 e. The summed E-state index contributed by atoms with van der Waals surface area (Å²) in [5.74, 6) is 1.18. The van der Waals surface area contributed by atoms with Crippen molar-refractivity contribution in [1.29, 1.82) is 0 Å². The first kappa shape index (κ1) is 25.4. The maximum absolute atomic E-state index is 13.7. The molecule has 188 valence electrons. The number of halogens is 1. The van der Waals surface area contributed by atoms with Gasteiger partial charge in [-0.2, -0.15) is 0 Å². The van der Waals surface area contributed by atoms with E-state index in [4.69, 9.17) is 9.72 Å². The van der Waals surface area contributed by atoms with Gasteiger partial charge in [0, 0.05) is 19.5 Å². The quantitative estimate of drug-likeness (QED) is 0.235. The van der Waals surface area contributed by atoms with Crippen LogP contribution < -0.4 is 10.1 Å². The van der Waals surface area contributed by atoms with Crippen LogP contribution in [0.3, 0.4) is 0 Å². The van der Waals surface area contributed by atoms with E-state index in [0.717, 1.165) is 66.8 Å². The fourth-order valence-electron chi connectivity index (χ4n) is 4.36. The van der Waals surface area contributed by atoms with Crippen molar-refractivity contribution < 1.29 is 13.9 Å². The van der Waals surface area contributed by atoms with E-state index < -0.39 is 5.82 Å². The van der Waals surface area contributed by atoms with Gasteiger partial charge in [0.1, 0.15) is 17.4 Å². The Morgan fingerprint density at radius 3 is 2.64 bits per heavy atom. The second-order valence-corrected chi connectivity index (χ2v) is 9.19. The summed E-state index contributed by atoms with van der Waals surface area (Å²) < 4.78 is 22.1. The van der Waals surface area contributed by atoms with Crippen LogP contribution in [0.25, 0.3) is 11.0 Å². The Bertz CT molecular complexity index is 1310. The van der Waals surface area contributed by atoms with E-state index in [9.17, 15) is 9.18 Å². The lowest BCUT2D eigenvalue weighted by molar-refractivity contribution is 0.0949. The molecule has 1 aromatic heterocycles. The van der Waals surface area contributed by atoms with Gasteiger partial charge >= 0.3 is 0 Å². The number of carbonyl (C=O) groups excluding carboxylic acids is 1. The van der Waals surface area contributed by atoms with Crippen molar-refractivity contribution in [2.45, 2.75) is 52.5 Å². The monoisotopic (exact) mass is 487 g/mol. The number of nitrogens with one attached hydrogen (secondary N) is 1. The molecule has 0 aliphatic carbocycles. The van der Waals surface area contributed by atoms with Crippen LogP contribution in [-0.2, 0) is 13.0 Å². The Kier molecular flexibility index (Phi) is 8.71.